The molecule has 2 aromatic carbocycles. The zero-order chi connectivity index (χ0) is 21.6. The molecule has 31 heavy (non-hydrogen) atoms. The normalized spacial score (nSPS) is 15.1. The van der Waals surface area contributed by atoms with Gasteiger partial charge in [0.05, 0.1) is 17.4 Å². The largest absolute Gasteiger partial charge is 0.297 e. The zero-order valence-corrected chi connectivity index (χ0v) is 17.8. The van der Waals surface area contributed by atoms with Gasteiger partial charge in [-0.05, 0) is 24.6 Å². The number of aromatic nitrogens is 2. The number of carbonyl (C=O) groups excluding carboxylic acids is 1. The van der Waals surface area contributed by atoms with E-state index in [0.717, 1.165) is 32.7 Å². The number of amides is 1. The maximum atomic E-state index is 12.7. The number of nitrogens with one attached hydrogen (secondary N) is 2. The van der Waals surface area contributed by atoms with Crippen LogP contribution in [-0.4, -0.2) is 58.0 Å². The number of piperazine rings is 1. The quantitative estimate of drug-likeness (QED) is 0.566. The molecule has 1 aliphatic rings. The Bertz CT molecular complexity index is 1090. The minimum absolute atomic E-state index is 0.126. The lowest BCUT2D eigenvalue weighted by molar-refractivity contribution is -0.122. The van der Waals surface area contributed by atoms with Crippen molar-refractivity contribution in [2.45, 2.75) is 20.0 Å². The Morgan fingerprint density at radius 3 is 2.39 bits per heavy atom. The number of benzene rings is 2. The van der Waals surface area contributed by atoms with Gasteiger partial charge in [0.2, 0.25) is 5.95 Å². The lowest BCUT2D eigenvalue weighted by atomic mass is 10.2. The first-order valence-corrected chi connectivity index (χ1v) is 10.7. The van der Waals surface area contributed by atoms with E-state index in [2.05, 4.69) is 49.9 Å². The van der Waals surface area contributed by atoms with E-state index in [0.29, 0.717) is 29.9 Å². The van der Waals surface area contributed by atoms with Crippen molar-refractivity contribution in [3.63, 3.8) is 0 Å². The number of para-hydroxylation sites is 1. The highest BCUT2D eigenvalue weighted by atomic mass is 16.2. The van der Waals surface area contributed by atoms with Gasteiger partial charge >= 0.3 is 0 Å². The molecule has 0 aliphatic carbocycles. The first-order chi connectivity index (χ1) is 15.1. The Morgan fingerprint density at radius 2 is 1.65 bits per heavy atom. The van der Waals surface area contributed by atoms with E-state index in [-0.39, 0.29) is 11.5 Å². The van der Waals surface area contributed by atoms with E-state index in [1.165, 1.54) is 10.1 Å². The minimum Gasteiger partial charge on any atom is -0.297 e. The van der Waals surface area contributed by atoms with Gasteiger partial charge in [-0.1, -0.05) is 42.5 Å². The van der Waals surface area contributed by atoms with Crippen molar-refractivity contribution >= 4 is 22.8 Å². The second-order valence-corrected chi connectivity index (χ2v) is 7.71. The molecule has 0 radical (unpaired) electrons. The van der Waals surface area contributed by atoms with Crippen molar-refractivity contribution in [3.8, 4) is 0 Å². The fourth-order valence-electron chi connectivity index (χ4n) is 3.87. The van der Waals surface area contributed by atoms with E-state index >= 15 is 0 Å². The summed E-state index contributed by atoms with van der Waals surface area (Å²) in [5.41, 5.74) is 7.32. The van der Waals surface area contributed by atoms with E-state index < -0.39 is 0 Å². The molecule has 1 aliphatic heterocycles. The van der Waals surface area contributed by atoms with Crippen molar-refractivity contribution in [1.29, 1.82) is 0 Å². The van der Waals surface area contributed by atoms with Crippen LogP contribution >= 0.6 is 0 Å². The van der Waals surface area contributed by atoms with Gasteiger partial charge in [0.15, 0.2) is 0 Å². The van der Waals surface area contributed by atoms with Crippen molar-refractivity contribution in [3.05, 3.63) is 70.5 Å². The second kappa shape index (κ2) is 9.72. The molecular formula is C23H28N6O2. The highest BCUT2D eigenvalue weighted by Gasteiger charge is 2.19. The van der Waals surface area contributed by atoms with Crippen LogP contribution in [0.1, 0.15) is 12.5 Å². The van der Waals surface area contributed by atoms with Crippen LogP contribution in [0.4, 0.5) is 5.95 Å². The van der Waals surface area contributed by atoms with E-state index in [4.69, 9.17) is 0 Å². The summed E-state index contributed by atoms with van der Waals surface area (Å²) in [6.45, 7) is 7.11. The predicted octanol–water partition coefficient (Wildman–Crippen LogP) is 1.68. The molecule has 1 aromatic heterocycles. The molecule has 2 N–H and O–H groups in total. The fraction of sp³-hybridized carbons (Fsp3) is 0.348. The summed E-state index contributed by atoms with van der Waals surface area (Å²) in [7, 11) is 0. The molecule has 0 saturated carbocycles. The topological polar surface area (TPSA) is 82.5 Å². The standard InChI is InChI=1S/C23H28N6O2/c1-2-29-22(31)19-10-6-7-11-20(19)24-23(29)26-25-21(30)17-28-14-12-27(13-15-28)16-18-8-4-3-5-9-18/h3-11H,2,12-17H2,1H3,(H,24,26)(H,25,30). The van der Waals surface area contributed by atoms with Gasteiger partial charge in [-0.25, -0.2) is 4.98 Å². The number of rotatable bonds is 7. The molecule has 8 nitrogen and oxygen atoms in total. The fourth-order valence-corrected chi connectivity index (χ4v) is 3.87. The zero-order valence-electron chi connectivity index (χ0n) is 17.8. The van der Waals surface area contributed by atoms with Gasteiger partial charge in [0.1, 0.15) is 0 Å². The first kappa shape index (κ1) is 21.0. The third kappa shape index (κ3) is 5.10. The molecule has 162 valence electrons. The Balaban J connectivity index is 1.30. The van der Waals surface area contributed by atoms with Crippen molar-refractivity contribution in [2.24, 2.45) is 0 Å². The minimum atomic E-state index is -0.151. The smallest absolute Gasteiger partial charge is 0.262 e. The Kier molecular flexibility index (Phi) is 6.59. The summed E-state index contributed by atoms with van der Waals surface area (Å²) < 4.78 is 1.52. The molecule has 0 bridgehead atoms. The Labute approximate surface area is 181 Å². The number of hydrogen-bond donors (Lipinski definition) is 2. The monoisotopic (exact) mass is 420 g/mol. The van der Waals surface area contributed by atoms with Crippen LogP contribution < -0.4 is 16.4 Å². The lowest BCUT2D eigenvalue weighted by Crippen LogP contribution is -2.49. The van der Waals surface area contributed by atoms with E-state index in [9.17, 15) is 9.59 Å². The average molecular weight is 421 g/mol. The third-order valence-corrected chi connectivity index (χ3v) is 5.57. The molecule has 1 fully saturated rings. The predicted molar refractivity (Wildman–Crippen MR) is 122 cm³/mol. The molecule has 1 saturated heterocycles. The molecule has 2 heterocycles. The molecular weight excluding hydrogens is 392 g/mol. The van der Waals surface area contributed by atoms with Crippen LogP contribution in [0, 0.1) is 0 Å². The van der Waals surface area contributed by atoms with Crippen molar-refractivity contribution in [2.75, 3.05) is 38.1 Å². The number of carbonyl (C=O) groups is 1. The molecule has 0 unspecified atom stereocenters. The van der Waals surface area contributed by atoms with Crippen LogP contribution in [0.5, 0.6) is 0 Å². The lowest BCUT2D eigenvalue weighted by Gasteiger charge is -2.34. The molecule has 0 spiro atoms. The van der Waals surface area contributed by atoms with Crippen LogP contribution in [0.2, 0.25) is 0 Å². The summed E-state index contributed by atoms with van der Waals surface area (Å²) in [6, 6.07) is 17.6. The van der Waals surface area contributed by atoms with Crippen molar-refractivity contribution < 1.29 is 4.79 Å². The number of fused-ring (bicyclic) bond motifs is 1. The maximum Gasteiger partial charge on any atom is 0.262 e. The van der Waals surface area contributed by atoms with E-state index in [1.54, 1.807) is 12.1 Å². The summed E-state index contributed by atoms with van der Waals surface area (Å²) in [5.74, 6) is 0.189. The van der Waals surface area contributed by atoms with Crippen LogP contribution in [-0.2, 0) is 17.9 Å². The van der Waals surface area contributed by atoms with Crippen molar-refractivity contribution in [1.82, 2.24) is 24.8 Å². The van der Waals surface area contributed by atoms with Gasteiger partial charge in [0.25, 0.3) is 11.5 Å². The summed E-state index contributed by atoms with van der Waals surface area (Å²) in [4.78, 5) is 34.2. The van der Waals surface area contributed by atoms with E-state index in [1.807, 2.05) is 25.1 Å². The summed E-state index contributed by atoms with van der Waals surface area (Å²) >= 11 is 0. The van der Waals surface area contributed by atoms with Crippen LogP contribution in [0.3, 0.4) is 0 Å². The van der Waals surface area contributed by atoms with Gasteiger partial charge in [-0.2, -0.15) is 0 Å². The van der Waals surface area contributed by atoms with Gasteiger partial charge in [-0.3, -0.25) is 34.8 Å². The second-order valence-electron chi connectivity index (χ2n) is 7.71. The Hall–Kier alpha value is -3.23. The molecule has 4 rings (SSSR count). The summed E-state index contributed by atoms with van der Waals surface area (Å²) in [6.07, 6.45) is 0. The first-order valence-electron chi connectivity index (χ1n) is 10.7. The highest BCUT2D eigenvalue weighted by molar-refractivity contribution is 5.80. The highest BCUT2D eigenvalue weighted by Crippen LogP contribution is 2.11. The number of hydrazine groups is 1. The van der Waals surface area contributed by atoms with Crippen LogP contribution in [0.25, 0.3) is 10.9 Å². The number of anilines is 1. The molecule has 1 amide bonds. The number of nitrogens with zero attached hydrogens (tertiary/aromatic N) is 4. The van der Waals surface area contributed by atoms with Gasteiger partial charge in [0, 0.05) is 39.3 Å². The van der Waals surface area contributed by atoms with Crippen LogP contribution in [0.15, 0.2) is 59.4 Å². The van der Waals surface area contributed by atoms with Gasteiger partial charge in [-0.15, -0.1) is 0 Å². The summed E-state index contributed by atoms with van der Waals surface area (Å²) in [5, 5.41) is 0.564. The van der Waals surface area contributed by atoms with Gasteiger partial charge < -0.3 is 0 Å². The molecule has 3 aromatic rings. The SMILES string of the molecule is CCn1c(NNC(=O)CN2CCN(Cc3ccccc3)CC2)nc2ccccc2c1=O. The molecule has 0 atom stereocenters. The number of hydrogen-bond acceptors (Lipinski definition) is 6. The molecule has 8 heteroatoms. The maximum absolute atomic E-state index is 12.7. The Morgan fingerprint density at radius 1 is 0.968 bits per heavy atom. The average Bonchev–Trinajstić information content (AvgIpc) is 2.80. The third-order valence-electron chi connectivity index (χ3n) is 5.57.